The second-order valence-corrected chi connectivity index (χ2v) is 5.69. The van der Waals surface area contributed by atoms with Crippen molar-refractivity contribution in [2.75, 3.05) is 5.32 Å². The molecule has 1 aromatic heterocycles. The monoisotopic (exact) mass is 249 g/mol. The Bertz CT molecular complexity index is 428. The molecular weight excluding hydrogens is 230 g/mol. The Morgan fingerprint density at radius 1 is 1.44 bits per heavy atom. The Balaban J connectivity index is 1.99. The van der Waals surface area contributed by atoms with Crippen molar-refractivity contribution >= 4 is 11.8 Å². The highest BCUT2D eigenvalue weighted by molar-refractivity contribution is 5.84. The number of carbonyl (C=O) groups is 1. The van der Waals surface area contributed by atoms with Crippen LogP contribution in [0.5, 0.6) is 0 Å². The average Bonchev–Trinajstić information content (AvgIpc) is 2.28. The molecule has 5 nitrogen and oxygen atoms in total. The summed E-state index contributed by atoms with van der Waals surface area (Å²) >= 11 is 0. The lowest BCUT2D eigenvalue weighted by Gasteiger charge is -2.35. The standard InChI is InChI=1S/C13H19N3O2/c1-13(2)5-3-4-9(6-13)16-11-8-14-10(7-15-11)12(17)18/h7-9H,3-6H2,1-2H3,(H,15,16)(H,17,18). The maximum Gasteiger partial charge on any atom is 0.356 e. The fourth-order valence-corrected chi connectivity index (χ4v) is 2.54. The zero-order valence-corrected chi connectivity index (χ0v) is 10.8. The molecule has 1 fully saturated rings. The zero-order chi connectivity index (χ0) is 13.2. The van der Waals surface area contributed by atoms with Crippen LogP contribution >= 0.6 is 0 Å². The molecule has 0 aliphatic heterocycles. The molecule has 2 N–H and O–H groups in total. The topological polar surface area (TPSA) is 75.1 Å². The summed E-state index contributed by atoms with van der Waals surface area (Å²) in [5.74, 6) is -0.393. The van der Waals surface area contributed by atoms with Gasteiger partial charge in [-0.15, -0.1) is 0 Å². The highest BCUT2D eigenvalue weighted by Gasteiger charge is 2.27. The third-order valence-corrected chi connectivity index (χ3v) is 3.43. The van der Waals surface area contributed by atoms with E-state index >= 15 is 0 Å². The number of carboxylic acid groups (broad SMARTS) is 1. The van der Waals surface area contributed by atoms with Gasteiger partial charge < -0.3 is 10.4 Å². The molecule has 0 amide bonds. The van der Waals surface area contributed by atoms with Gasteiger partial charge in [0.05, 0.1) is 12.4 Å². The Labute approximate surface area is 107 Å². The van der Waals surface area contributed by atoms with Gasteiger partial charge in [-0.05, 0) is 24.7 Å². The number of hydrogen-bond donors (Lipinski definition) is 2. The predicted octanol–water partition coefficient (Wildman–Crippen LogP) is 2.56. The van der Waals surface area contributed by atoms with E-state index in [9.17, 15) is 4.79 Å². The molecule has 0 aromatic carbocycles. The molecule has 1 aliphatic carbocycles. The first-order valence-corrected chi connectivity index (χ1v) is 6.28. The normalized spacial score (nSPS) is 22.4. The molecule has 18 heavy (non-hydrogen) atoms. The maximum atomic E-state index is 10.7. The minimum absolute atomic E-state index is 0.0236. The number of rotatable bonds is 3. The van der Waals surface area contributed by atoms with Crippen molar-refractivity contribution < 1.29 is 9.90 Å². The summed E-state index contributed by atoms with van der Waals surface area (Å²) in [5.41, 5.74) is 0.342. The Kier molecular flexibility index (Phi) is 3.50. The third kappa shape index (κ3) is 3.18. The van der Waals surface area contributed by atoms with Gasteiger partial charge in [-0.1, -0.05) is 20.3 Å². The van der Waals surface area contributed by atoms with Crippen LogP contribution in [0.1, 0.15) is 50.0 Å². The molecule has 2 rings (SSSR count). The number of aromatic carboxylic acids is 1. The number of nitrogens with zero attached hydrogens (tertiary/aromatic N) is 2. The van der Waals surface area contributed by atoms with Gasteiger partial charge in [0.25, 0.3) is 0 Å². The van der Waals surface area contributed by atoms with Crippen molar-refractivity contribution in [2.24, 2.45) is 5.41 Å². The van der Waals surface area contributed by atoms with E-state index in [2.05, 4.69) is 29.1 Å². The first-order chi connectivity index (χ1) is 8.46. The van der Waals surface area contributed by atoms with E-state index in [1.807, 2.05) is 0 Å². The van der Waals surface area contributed by atoms with E-state index in [0.29, 0.717) is 17.3 Å². The molecule has 0 bridgehead atoms. The Morgan fingerprint density at radius 3 is 2.78 bits per heavy atom. The van der Waals surface area contributed by atoms with E-state index in [1.54, 1.807) is 0 Å². The molecule has 1 atom stereocenters. The highest BCUT2D eigenvalue weighted by atomic mass is 16.4. The molecule has 98 valence electrons. The number of hydrogen-bond acceptors (Lipinski definition) is 4. The van der Waals surface area contributed by atoms with Crippen LogP contribution in [0.2, 0.25) is 0 Å². The number of carboxylic acids is 1. The van der Waals surface area contributed by atoms with Gasteiger partial charge in [-0.2, -0.15) is 0 Å². The lowest BCUT2D eigenvalue weighted by molar-refractivity contribution is 0.0690. The van der Waals surface area contributed by atoms with Crippen molar-refractivity contribution in [3.05, 3.63) is 18.1 Å². The highest BCUT2D eigenvalue weighted by Crippen LogP contribution is 2.36. The summed E-state index contributed by atoms with van der Waals surface area (Å²) in [5, 5.41) is 12.1. The van der Waals surface area contributed by atoms with Gasteiger partial charge in [0.2, 0.25) is 0 Å². The largest absolute Gasteiger partial charge is 0.476 e. The quantitative estimate of drug-likeness (QED) is 0.861. The van der Waals surface area contributed by atoms with Crippen LogP contribution in [0.25, 0.3) is 0 Å². The first kappa shape index (κ1) is 12.8. The van der Waals surface area contributed by atoms with Crippen LogP contribution in [0, 0.1) is 5.41 Å². The fourth-order valence-electron chi connectivity index (χ4n) is 2.54. The number of aromatic nitrogens is 2. The summed E-state index contributed by atoms with van der Waals surface area (Å²) in [6, 6.07) is 0.402. The van der Waals surface area contributed by atoms with E-state index in [1.165, 1.54) is 25.2 Å². The minimum Gasteiger partial charge on any atom is -0.476 e. The molecular formula is C13H19N3O2. The van der Waals surface area contributed by atoms with Crippen LogP contribution in [-0.2, 0) is 0 Å². The number of anilines is 1. The van der Waals surface area contributed by atoms with Gasteiger partial charge in [0.1, 0.15) is 5.82 Å². The predicted molar refractivity (Wildman–Crippen MR) is 68.7 cm³/mol. The minimum atomic E-state index is -1.05. The summed E-state index contributed by atoms with van der Waals surface area (Å²) < 4.78 is 0. The Morgan fingerprint density at radius 2 is 2.22 bits per heavy atom. The van der Waals surface area contributed by atoms with Crippen LogP contribution < -0.4 is 5.32 Å². The summed E-state index contributed by atoms with van der Waals surface area (Å²) in [6.07, 6.45) is 7.49. The van der Waals surface area contributed by atoms with Crippen LogP contribution in [0.4, 0.5) is 5.82 Å². The second-order valence-electron chi connectivity index (χ2n) is 5.69. The third-order valence-electron chi connectivity index (χ3n) is 3.43. The van der Waals surface area contributed by atoms with Gasteiger partial charge in [0.15, 0.2) is 5.69 Å². The van der Waals surface area contributed by atoms with E-state index in [-0.39, 0.29) is 5.69 Å². The van der Waals surface area contributed by atoms with E-state index in [4.69, 9.17) is 5.11 Å². The molecule has 1 heterocycles. The molecule has 1 aliphatic rings. The van der Waals surface area contributed by atoms with Gasteiger partial charge in [-0.25, -0.2) is 14.8 Å². The van der Waals surface area contributed by atoms with Crippen molar-refractivity contribution in [3.8, 4) is 0 Å². The number of nitrogens with one attached hydrogen (secondary N) is 1. The second kappa shape index (κ2) is 4.92. The summed E-state index contributed by atoms with van der Waals surface area (Å²) in [6.45, 7) is 4.56. The lowest BCUT2D eigenvalue weighted by atomic mass is 9.75. The van der Waals surface area contributed by atoms with E-state index in [0.717, 1.165) is 12.8 Å². The summed E-state index contributed by atoms with van der Waals surface area (Å²) in [4.78, 5) is 18.6. The fraction of sp³-hybridized carbons (Fsp3) is 0.615. The van der Waals surface area contributed by atoms with Gasteiger partial charge >= 0.3 is 5.97 Å². The average molecular weight is 249 g/mol. The van der Waals surface area contributed by atoms with Crippen molar-refractivity contribution in [1.82, 2.24) is 9.97 Å². The van der Waals surface area contributed by atoms with Crippen molar-refractivity contribution in [2.45, 2.75) is 45.6 Å². The molecule has 1 unspecified atom stereocenters. The molecule has 0 spiro atoms. The smallest absolute Gasteiger partial charge is 0.356 e. The molecule has 1 aromatic rings. The molecule has 1 saturated carbocycles. The lowest BCUT2D eigenvalue weighted by Crippen LogP contribution is -2.32. The molecule has 0 radical (unpaired) electrons. The van der Waals surface area contributed by atoms with Gasteiger partial charge in [-0.3, -0.25) is 0 Å². The first-order valence-electron chi connectivity index (χ1n) is 6.28. The molecule has 0 saturated heterocycles. The molecule has 5 heteroatoms. The zero-order valence-electron chi connectivity index (χ0n) is 10.8. The van der Waals surface area contributed by atoms with Crippen LogP contribution in [0.3, 0.4) is 0 Å². The van der Waals surface area contributed by atoms with Crippen LogP contribution in [0.15, 0.2) is 12.4 Å². The SMILES string of the molecule is CC1(C)CCCC(Nc2cnc(C(=O)O)cn2)C1. The van der Waals surface area contributed by atoms with Crippen molar-refractivity contribution in [3.63, 3.8) is 0 Å². The Hall–Kier alpha value is -1.65. The maximum absolute atomic E-state index is 10.7. The van der Waals surface area contributed by atoms with E-state index < -0.39 is 5.97 Å². The summed E-state index contributed by atoms with van der Waals surface area (Å²) in [7, 11) is 0. The van der Waals surface area contributed by atoms with Crippen molar-refractivity contribution in [1.29, 1.82) is 0 Å². The van der Waals surface area contributed by atoms with Gasteiger partial charge in [0, 0.05) is 6.04 Å². The van der Waals surface area contributed by atoms with Crippen LogP contribution in [-0.4, -0.2) is 27.1 Å².